The second-order valence-electron chi connectivity index (χ2n) is 5.25. The molecule has 0 saturated carbocycles. The molecule has 110 valence electrons. The molecule has 3 N–H and O–H groups in total. The normalized spacial score (nSPS) is 17.2. The maximum atomic E-state index is 11.1. The van der Waals surface area contributed by atoms with E-state index in [4.69, 9.17) is 5.73 Å². The summed E-state index contributed by atoms with van der Waals surface area (Å²) in [6.07, 6.45) is 1.21. The highest BCUT2D eigenvalue weighted by Gasteiger charge is 2.16. The first kappa shape index (κ1) is 15.5. The standard InChI is InChI=1S/C17H18N2O.ClH/c18-17(20)15-7-5-13(6-8-15)12-1-3-14(4-2-12)16-9-10-19-11-16;/h1-8,16,19H,9-11H2,(H2,18,20);1H. The molecule has 0 spiro atoms. The summed E-state index contributed by atoms with van der Waals surface area (Å²) in [7, 11) is 0. The summed E-state index contributed by atoms with van der Waals surface area (Å²) >= 11 is 0. The molecular formula is C17H19ClN2O. The zero-order valence-corrected chi connectivity index (χ0v) is 12.5. The van der Waals surface area contributed by atoms with Crippen molar-refractivity contribution in [1.82, 2.24) is 5.32 Å². The van der Waals surface area contributed by atoms with Gasteiger partial charge in [0.15, 0.2) is 0 Å². The molecule has 0 aliphatic carbocycles. The molecule has 2 aromatic carbocycles. The summed E-state index contributed by atoms with van der Waals surface area (Å²) in [6, 6.07) is 16.1. The largest absolute Gasteiger partial charge is 0.366 e. The smallest absolute Gasteiger partial charge is 0.248 e. The van der Waals surface area contributed by atoms with Crippen LogP contribution in [0, 0.1) is 0 Å². The van der Waals surface area contributed by atoms with Gasteiger partial charge < -0.3 is 11.1 Å². The van der Waals surface area contributed by atoms with E-state index in [9.17, 15) is 4.79 Å². The lowest BCUT2D eigenvalue weighted by molar-refractivity contribution is 0.100. The van der Waals surface area contributed by atoms with Gasteiger partial charge in [-0.25, -0.2) is 0 Å². The van der Waals surface area contributed by atoms with E-state index < -0.39 is 0 Å². The number of primary amides is 1. The van der Waals surface area contributed by atoms with E-state index >= 15 is 0 Å². The molecule has 1 aliphatic rings. The van der Waals surface area contributed by atoms with E-state index in [-0.39, 0.29) is 18.3 Å². The Bertz CT molecular complexity index is 602. The van der Waals surface area contributed by atoms with Crippen molar-refractivity contribution >= 4 is 18.3 Å². The molecule has 4 heteroatoms. The van der Waals surface area contributed by atoms with Crippen LogP contribution in [0.1, 0.15) is 28.3 Å². The molecule has 3 nitrogen and oxygen atoms in total. The first-order valence-corrected chi connectivity index (χ1v) is 6.95. The quantitative estimate of drug-likeness (QED) is 0.916. The molecule has 1 fully saturated rings. The Labute approximate surface area is 131 Å². The molecule has 2 aromatic rings. The van der Waals surface area contributed by atoms with Crippen molar-refractivity contribution in [3.8, 4) is 11.1 Å². The maximum Gasteiger partial charge on any atom is 0.248 e. The monoisotopic (exact) mass is 302 g/mol. The summed E-state index contributed by atoms with van der Waals surface area (Å²) in [5.74, 6) is 0.252. The Morgan fingerprint density at radius 2 is 1.57 bits per heavy atom. The van der Waals surface area contributed by atoms with Crippen LogP contribution in [0.5, 0.6) is 0 Å². The van der Waals surface area contributed by atoms with Gasteiger partial charge in [-0.1, -0.05) is 36.4 Å². The molecule has 1 atom stereocenters. The molecule has 0 aromatic heterocycles. The summed E-state index contributed by atoms with van der Waals surface area (Å²) in [6.45, 7) is 2.19. The van der Waals surface area contributed by atoms with Crippen molar-refractivity contribution in [3.05, 3.63) is 59.7 Å². The molecule has 1 unspecified atom stereocenters. The van der Waals surface area contributed by atoms with Gasteiger partial charge in [-0.3, -0.25) is 4.79 Å². The van der Waals surface area contributed by atoms with Crippen LogP contribution >= 0.6 is 12.4 Å². The van der Waals surface area contributed by atoms with Crippen LogP contribution < -0.4 is 11.1 Å². The van der Waals surface area contributed by atoms with Gasteiger partial charge in [0.25, 0.3) is 0 Å². The van der Waals surface area contributed by atoms with E-state index in [0.29, 0.717) is 11.5 Å². The van der Waals surface area contributed by atoms with Gasteiger partial charge in [-0.15, -0.1) is 12.4 Å². The highest BCUT2D eigenvalue weighted by molar-refractivity contribution is 5.93. The molecule has 0 bridgehead atoms. The van der Waals surface area contributed by atoms with Crippen molar-refractivity contribution in [2.45, 2.75) is 12.3 Å². The van der Waals surface area contributed by atoms with Gasteiger partial charge in [-0.2, -0.15) is 0 Å². The SMILES string of the molecule is Cl.NC(=O)c1ccc(-c2ccc(C3CCNC3)cc2)cc1. The number of hydrogen-bond donors (Lipinski definition) is 2. The fraction of sp³-hybridized carbons (Fsp3) is 0.235. The summed E-state index contributed by atoms with van der Waals surface area (Å²) in [5.41, 5.74) is 9.45. The number of benzene rings is 2. The van der Waals surface area contributed by atoms with Gasteiger partial charge in [0.2, 0.25) is 5.91 Å². The van der Waals surface area contributed by atoms with Crippen molar-refractivity contribution in [1.29, 1.82) is 0 Å². The molecule has 3 rings (SSSR count). The van der Waals surface area contributed by atoms with E-state index in [1.165, 1.54) is 12.0 Å². The van der Waals surface area contributed by atoms with E-state index in [1.54, 1.807) is 12.1 Å². The van der Waals surface area contributed by atoms with Crippen LogP contribution in [0.2, 0.25) is 0 Å². The number of hydrogen-bond acceptors (Lipinski definition) is 2. The van der Waals surface area contributed by atoms with E-state index in [0.717, 1.165) is 24.2 Å². The van der Waals surface area contributed by atoms with Crippen LogP contribution in [0.3, 0.4) is 0 Å². The lowest BCUT2D eigenvalue weighted by Gasteiger charge is -2.10. The number of nitrogens with one attached hydrogen (secondary N) is 1. The Morgan fingerprint density at radius 3 is 2.05 bits per heavy atom. The topological polar surface area (TPSA) is 55.1 Å². The average molecular weight is 303 g/mol. The van der Waals surface area contributed by atoms with Crippen LogP contribution in [0.25, 0.3) is 11.1 Å². The molecule has 1 saturated heterocycles. The minimum absolute atomic E-state index is 0. The Kier molecular flexibility index (Phi) is 4.99. The van der Waals surface area contributed by atoms with Gasteiger partial charge >= 0.3 is 0 Å². The van der Waals surface area contributed by atoms with E-state index in [1.807, 2.05) is 12.1 Å². The summed E-state index contributed by atoms with van der Waals surface area (Å²) in [4.78, 5) is 11.1. The van der Waals surface area contributed by atoms with Crippen molar-refractivity contribution in [2.75, 3.05) is 13.1 Å². The fourth-order valence-electron chi connectivity index (χ4n) is 2.71. The average Bonchev–Trinajstić information content (AvgIpc) is 3.02. The number of rotatable bonds is 3. The molecule has 0 radical (unpaired) electrons. The van der Waals surface area contributed by atoms with Crippen molar-refractivity contribution < 1.29 is 4.79 Å². The molecule has 1 amide bonds. The molecule has 1 aliphatic heterocycles. The predicted octanol–water partition coefficient (Wildman–Crippen LogP) is 2.95. The third kappa shape index (κ3) is 3.43. The Morgan fingerprint density at radius 1 is 1.00 bits per heavy atom. The van der Waals surface area contributed by atoms with E-state index in [2.05, 4.69) is 29.6 Å². The minimum Gasteiger partial charge on any atom is -0.366 e. The lowest BCUT2D eigenvalue weighted by atomic mass is 9.95. The molecule has 21 heavy (non-hydrogen) atoms. The summed E-state index contributed by atoms with van der Waals surface area (Å²) in [5, 5.41) is 3.39. The summed E-state index contributed by atoms with van der Waals surface area (Å²) < 4.78 is 0. The number of nitrogens with two attached hydrogens (primary N) is 1. The minimum atomic E-state index is -0.388. The van der Waals surface area contributed by atoms with Crippen LogP contribution in [0.15, 0.2) is 48.5 Å². The van der Waals surface area contributed by atoms with Crippen molar-refractivity contribution in [2.24, 2.45) is 5.73 Å². The van der Waals surface area contributed by atoms with Gasteiger partial charge in [-0.05, 0) is 47.7 Å². The zero-order chi connectivity index (χ0) is 13.9. The number of halogens is 1. The van der Waals surface area contributed by atoms with Crippen LogP contribution in [-0.4, -0.2) is 19.0 Å². The first-order valence-electron chi connectivity index (χ1n) is 6.95. The third-order valence-electron chi connectivity index (χ3n) is 3.95. The molecule has 1 heterocycles. The molecular weight excluding hydrogens is 284 g/mol. The highest BCUT2D eigenvalue weighted by atomic mass is 35.5. The Hall–Kier alpha value is -1.84. The predicted molar refractivity (Wildman–Crippen MR) is 87.9 cm³/mol. The second-order valence-corrected chi connectivity index (χ2v) is 5.25. The first-order chi connectivity index (χ1) is 9.74. The van der Waals surface area contributed by atoms with Crippen LogP contribution in [-0.2, 0) is 0 Å². The van der Waals surface area contributed by atoms with Gasteiger partial charge in [0.1, 0.15) is 0 Å². The van der Waals surface area contributed by atoms with Crippen molar-refractivity contribution in [3.63, 3.8) is 0 Å². The van der Waals surface area contributed by atoms with Gasteiger partial charge in [0.05, 0.1) is 0 Å². The van der Waals surface area contributed by atoms with Crippen LogP contribution in [0.4, 0.5) is 0 Å². The fourth-order valence-corrected chi connectivity index (χ4v) is 2.71. The zero-order valence-electron chi connectivity index (χ0n) is 11.7. The lowest BCUT2D eigenvalue weighted by Crippen LogP contribution is -2.10. The highest BCUT2D eigenvalue weighted by Crippen LogP contribution is 2.26. The number of carbonyl (C=O) groups is 1. The number of carbonyl (C=O) groups excluding carboxylic acids is 1. The maximum absolute atomic E-state index is 11.1. The number of amides is 1. The Balaban J connectivity index is 0.00000161. The third-order valence-corrected chi connectivity index (χ3v) is 3.95. The second kappa shape index (κ2) is 6.74. The van der Waals surface area contributed by atoms with Gasteiger partial charge in [0, 0.05) is 12.1 Å².